The molecule has 384 valence electrons. The minimum atomic E-state index is -1.26. The smallest absolute Gasteiger partial charge is 0.227 e. The van der Waals surface area contributed by atoms with Crippen LogP contribution in [0.15, 0.2) is 254 Å². The molecule has 20 rings (SSSR count). The van der Waals surface area contributed by atoms with E-state index in [-0.39, 0.29) is 0 Å². The Morgan fingerprint density at radius 1 is 0.205 bits per heavy atom. The van der Waals surface area contributed by atoms with E-state index in [1.165, 1.54) is 0 Å². The predicted octanol–water partition coefficient (Wildman–Crippen LogP) is 10.1. The summed E-state index contributed by atoms with van der Waals surface area (Å²) in [5.74, 6) is 6.08. The van der Waals surface area contributed by atoms with E-state index in [0.29, 0.717) is 91.9 Å². The van der Waals surface area contributed by atoms with Crippen molar-refractivity contribution in [3.8, 4) is 0 Å². The van der Waals surface area contributed by atoms with Gasteiger partial charge in [-0.15, -0.1) is 0 Å². The molecule has 0 fully saturated rings. The Morgan fingerprint density at radius 2 is 0.398 bits per heavy atom. The molecule has 0 radical (unpaired) electrons. The molecule has 2 atom stereocenters. The van der Waals surface area contributed by atoms with Gasteiger partial charge in [0.05, 0.1) is 0 Å². The Bertz CT molecular complexity index is 5010. The predicted molar refractivity (Wildman–Crippen MR) is 319 cm³/mol. The molecule has 0 amide bonds. The maximum absolute atomic E-state index is 8.57. The molecule has 2 unspecified atom stereocenters. The van der Waals surface area contributed by atoms with E-state index >= 15 is 0 Å². The van der Waals surface area contributed by atoms with Crippen LogP contribution in [0.25, 0.3) is 43.1 Å². The Hall–Kier alpha value is -11.6. The highest BCUT2D eigenvalue weighted by molar-refractivity contribution is 6.27. The van der Waals surface area contributed by atoms with Crippen LogP contribution in [0.2, 0.25) is 0 Å². The molecule has 17 heteroatoms. The molecule has 0 saturated carbocycles. The number of hydrogen-bond acceptors (Lipinski definition) is 13. The number of rotatable bonds is 2. The molecule has 8 aromatic carbocycles. The van der Waals surface area contributed by atoms with Gasteiger partial charge >= 0.3 is 0 Å². The summed E-state index contributed by atoms with van der Waals surface area (Å²) >= 11 is 0. The van der Waals surface area contributed by atoms with Crippen molar-refractivity contribution in [2.24, 2.45) is 59.9 Å². The van der Waals surface area contributed by atoms with Gasteiger partial charge in [-0.05, 0) is 0 Å². The number of ether oxygens (including phenoxy) is 1. The van der Waals surface area contributed by atoms with E-state index in [1.54, 1.807) is 0 Å². The third-order valence-electron chi connectivity index (χ3n) is 16.8. The first-order valence-electron chi connectivity index (χ1n) is 27.3. The Morgan fingerprint density at radius 3 is 0.627 bits per heavy atom. The lowest BCUT2D eigenvalue weighted by Gasteiger charge is -2.31. The van der Waals surface area contributed by atoms with Gasteiger partial charge in [0.25, 0.3) is 0 Å². The van der Waals surface area contributed by atoms with Crippen LogP contribution in [0, 0.1) is 0 Å². The molecule has 12 bridgehead atoms. The van der Waals surface area contributed by atoms with E-state index in [2.05, 4.69) is 66.8 Å². The summed E-state index contributed by atoms with van der Waals surface area (Å²) in [6, 6.07) is 65.2. The van der Waals surface area contributed by atoms with Crippen LogP contribution in [-0.4, -0.2) is 65.0 Å². The van der Waals surface area contributed by atoms with Gasteiger partial charge in [0.1, 0.15) is 45.2 Å². The van der Waals surface area contributed by atoms with E-state index in [4.69, 9.17) is 64.6 Å². The van der Waals surface area contributed by atoms with Crippen LogP contribution in [0.5, 0.6) is 0 Å². The Labute approximate surface area is 467 Å². The Kier molecular flexibility index (Phi) is 8.16. The SMILES string of the molecule is c1ccc2c(c1)C1=NC/2=N\c2c3ccccc3c3n2C(OC2n4c5c6ccccc6c4/N=C4N=C(/N=c6/c7ccccc7/c(n62)=N/C2=NC(=N\5)/c5ccccc52)c2ccccc2\4)n2/c(c4ccccc4/c2=N/C2=NC(=N\3)/c3ccccc32)=N\1. The van der Waals surface area contributed by atoms with Crippen LogP contribution >= 0.6 is 0 Å². The first kappa shape index (κ1) is 43.3. The first-order valence-corrected chi connectivity index (χ1v) is 27.3. The zero-order valence-corrected chi connectivity index (χ0v) is 43.2. The number of hydrogen-bond donors (Lipinski definition) is 0. The second kappa shape index (κ2) is 15.6. The number of fused-ring (bicyclic) bond motifs is 28. The lowest BCUT2D eigenvalue weighted by molar-refractivity contribution is -0.121. The van der Waals surface area contributed by atoms with Gasteiger partial charge < -0.3 is 0 Å². The number of benzene rings is 8. The van der Waals surface area contributed by atoms with Gasteiger partial charge in [-0.25, -0.2) is 59.9 Å². The molecule has 0 aliphatic carbocycles. The number of aromatic nitrogens is 4. The van der Waals surface area contributed by atoms with Crippen molar-refractivity contribution in [3.05, 3.63) is 261 Å². The van der Waals surface area contributed by atoms with Gasteiger partial charge in [0.15, 0.2) is 46.7 Å². The fraction of sp³-hybridized carbons (Fsp3) is 0.0303. The quantitative estimate of drug-likeness (QED) is 0.165. The number of nitrogens with zero attached hydrogens (tertiary/aromatic N) is 16. The zero-order chi connectivity index (χ0) is 53.8. The molecule has 8 aliphatic heterocycles. The van der Waals surface area contributed by atoms with Crippen LogP contribution < -0.4 is 22.0 Å². The highest BCUT2D eigenvalue weighted by Gasteiger charge is 2.40. The molecular weight excluding hydrogens is 1030 g/mol. The van der Waals surface area contributed by atoms with Crippen molar-refractivity contribution in [1.29, 1.82) is 0 Å². The van der Waals surface area contributed by atoms with Crippen LogP contribution in [0.4, 0.5) is 23.3 Å². The number of amidine groups is 8. The Balaban J connectivity index is 1.02. The number of aliphatic imine (C=N–C) groups is 8. The zero-order valence-electron chi connectivity index (χ0n) is 43.2. The minimum absolute atomic E-state index is 0.494. The van der Waals surface area contributed by atoms with Crippen molar-refractivity contribution in [3.63, 3.8) is 0 Å². The lowest BCUT2D eigenvalue weighted by atomic mass is 10.1. The molecule has 17 nitrogen and oxygen atoms in total. The van der Waals surface area contributed by atoms with Crippen LogP contribution in [0.1, 0.15) is 57.2 Å². The minimum Gasteiger partial charge on any atom is -0.296 e. The molecule has 0 saturated heterocycles. The van der Waals surface area contributed by atoms with Crippen molar-refractivity contribution < 1.29 is 4.74 Å². The lowest BCUT2D eigenvalue weighted by Crippen LogP contribution is -2.43. The summed E-state index contributed by atoms with van der Waals surface area (Å²) in [5, 5.41) is 6.46. The fourth-order valence-corrected chi connectivity index (χ4v) is 13.1. The van der Waals surface area contributed by atoms with E-state index in [9.17, 15) is 0 Å². The maximum Gasteiger partial charge on any atom is 0.227 e. The van der Waals surface area contributed by atoms with Crippen LogP contribution in [0.3, 0.4) is 0 Å². The van der Waals surface area contributed by atoms with Crippen molar-refractivity contribution in [2.75, 3.05) is 0 Å². The molecule has 12 aromatic rings. The van der Waals surface area contributed by atoms with E-state index in [1.807, 2.05) is 146 Å². The summed E-state index contributed by atoms with van der Waals surface area (Å²) < 4.78 is 16.9. The van der Waals surface area contributed by atoms with Crippen molar-refractivity contribution >= 4 is 113 Å². The van der Waals surface area contributed by atoms with E-state index < -0.39 is 12.7 Å². The molecule has 4 aromatic heterocycles. The largest absolute Gasteiger partial charge is 0.296 e. The van der Waals surface area contributed by atoms with Gasteiger partial charge in [0, 0.05) is 87.6 Å². The molecular formula is C66H34N16O. The first-order chi connectivity index (χ1) is 41.1. The fourth-order valence-electron chi connectivity index (χ4n) is 13.1. The summed E-state index contributed by atoms with van der Waals surface area (Å²) in [6.45, 7) is 0. The highest BCUT2D eigenvalue weighted by Crippen LogP contribution is 2.48. The van der Waals surface area contributed by atoms with Crippen LogP contribution in [-0.2, 0) is 4.74 Å². The molecule has 83 heavy (non-hydrogen) atoms. The summed E-state index contributed by atoms with van der Waals surface area (Å²) in [5.41, 5.74) is 8.85. The summed E-state index contributed by atoms with van der Waals surface area (Å²) in [7, 11) is 0. The topological polar surface area (TPSA) is 177 Å². The maximum atomic E-state index is 8.57. The molecule has 12 heterocycles. The molecule has 0 N–H and O–H groups in total. The molecule has 0 spiro atoms. The average molecular weight is 1070 g/mol. The van der Waals surface area contributed by atoms with E-state index in [0.717, 1.165) is 87.6 Å². The normalized spacial score (nSPS) is 21.8. The van der Waals surface area contributed by atoms with Crippen molar-refractivity contribution in [1.82, 2.24) is 18.3 Å². The van der Waals surface area contributed by atoms with Crippen molar-refractivity contribution in [2.45, 2.75) is 12.7 Å². The highest BCUT2D eigenvalue weighted by atomic mass is 16.6. The van der Waals surface area contributed by atoms with Gasteiger partial charge in [0.2, 0.25) is 12.7 Å². The van der Waals surface area contributed by atoms with Gasteiger partial charge in [-0.2, -0.15) is 0 Å². The third-order valence-corrected chi connectivity index (χ3v) is 16.8. The molecule has 8 aliphatic rings. The monoisotopic (exact) mass is 1070 g/mol. The van der Waals surface area contributed by atoms with Gasteiger partial charge in [-0.3, -0.25) is 23.0 Å². The third kappa shape index (κ3) is 5.71. The second-order valence-corrected chi connectivity index (χ2v) is 21.2. The summed E-state index contributed by atoms with van der Waals surface area (Å²) in [6.07, 6.45) is -2.53. The standard InChI is InChI=1S/C66H34N16O/c1-2-18-34-33(17-1)49-67-50(34)72-58-43-27-11-12-28-44(43)60-74-52-36-20-4-3-19-35(36)51(68-52)73-59-42-26-10-9-25-41(42)57(71-49)79(59)65(80(58)60)83-66-81-61-45-29-13-14-30-46(45)63(81)77-55-39-23-7-8-24-40(39)56(70-55)78-64-48-32-16-15-31-47(48)62(82(64)66)76-54-38-22-6-5-21-37(38)53(69-54)75-61/h1-32,65-66H/b71-49-,71-57?,72-50?,72-58-,73-51-,73-59?,74-52?,74-60-,75-53-,75-61?,76-54?,76-62-,77-55-,77-63?,78-56?,78-64-. The second-order valence-electron chi connectivity index (χ2n) is 21.2. The summed E-state index contributed by atoms with van der Waals surface area (Å²) in [4.78, 5) is 66.5. The van der Waals surface area contributed by atoms with Gasteiger partial charge in [-0.1, -0.05) is 194 Å². The average Bonchev–Trinajstić information content (AvgIpc) is 2.18.